The monoisotopic (exact) mass is 243 g/mol. The van der Waals surface area contributed by atoms with Gasteiger partial charge in [0.2, 0.25) is 0 Å². The molecule has 1 N–H and O–H groups in total. The van der Waals surface area contributed by atoms with Crippen molar-refractivity contribution in [1.29, 1.82) is 0 Å². The summed E-state index contributed by atoms with van der Waals surface area (Å²) in [6.45, 7) is 2.17. The Morgan fingerprint density at radius 3 is 2.35 bits per heavy atom. The Labute approximate surface area is 102 Å². The third-order valence-electron chi connectivity index (χ3n) is 3.38. The van der Waals surface area contributed by atoms with Crippen LogP contribution in [0.25, 0.3) is 0 Å². The molecule has 1 amide bonds. The zero-order valence-corrected chi connectivity index (χ0v) is 10.5. The molecular weight excluding hydrogens is 222 g/mol. The van der Waals surface area contributed by atoms with E-state index in [1.807, 2.05) is 0 Å². The minimum Gasteiger partial charge on any atom is -0.481 e. The molecule has 5 nitrogen and oxygen atoms in total. The Hall–Kier alpha value is -1.26. The lowest BCUT2D eigenvalue weighted by Gasteiger charge is -2.33. The average molecular weight is 243 g/mol. The van der Waals surface area contributed by atoms with E-state index in [1.165, 1.54) is 0 Å². The Morgan fingerprint density at radius 2 is 1.88 bits per heavy atom. The van der Waals surface area contributed by atoms with Crippen LogP contribution < -0.4 is 0 Å². The first-order valence-corrected chi connectivity index (χ1v) is 6.16. The van der Waals surface area contributed by atoms with E-state index in [-0.39, 0.29) is 24.5 Å². The Kier molecular flexibility index (Phi) is 5.25. The van der Waals surface area contributed by atoms with Gasteiger partial charge < -0.3 is 14.7 Å². The largest absolute Gasteiger partial charge is 0.481 e. The number of carbonyl (C=O) groups excluding carboxylic acids is 1. The molecule has 0 atom stereocenters. The molecule has 1 saturated carbocycles. The van der Waals surface area contributed by atoms with Crippen LogP contribution in [-0.4, -0.2) is 41.8 Å². The van der Waals surface area contributed by atoms with Gasteiger partial charge in [0.1, 0.15) is 0 Å². The van der Waals surface area contributed by atoms with Gasteiger partial charge in [0.05, 0.1) is 6.61 Å². The predicted molar refractivity (Wildman–Crippen MR) is 62.8 cm³/mol. The summed E-state index contributed by atoms with van der Waals surface area (Å²) in [5.74, 6) is -0.466. The Balaban J connectivity index is 2.35. The van der Waals surface area contributed by atoms with Crippen molar-refractivity contribution in [3.63, 3.8) is 0 Å². The van der Waals surface area contributed by atoms with Crippen LogP contribution in [0.1, 0.15) is 39.0 Å². The number of carboxylic acids is 1. The summed E-state index contributed by atoms with van der Waals surface area (Å²) in [5.41, 5.74) is 0. The Bertz CT molecular complexity index is 272. The van der Waals surface area contributed by atoms with Crippen LogP contribution in [0, 0.1) is 5.92 Å². The minimum atomic E-state index is -0.729. The maximum absolute atomic E-state index is 11.5. The lowest BCUT2D eigenvalue weighted by atomic mass is 9.84. The van der Waals surface area contributed by atoms with E-state index >= 15 is 0 Å². The number of hydrogen-bond acceptors (Lipinski definition) is 3. The second kappa shape index (κ2) is 6.47. The number of rotatable bonds is 4. The van der Waals surface area contributed by atoms with Gasteiger partial charge in [-0.05, 0) is 38.5 Å². The molecule has 0 aliphatic heterocycles. The molecule has 1 aliphatic carbocycles. The number of amides is 1. The van der Waals surface area contributed by atoms with E-state index < -0.39 is 5.97 Å². The summed E-state index contributed by atoms with van der Waals surface area (Å²) < 4.78 is 4.94. The smallest absolute Gasteiger partial charge is 0.409 e. The molecule has 0 aromatic heterocycles. The number of nitrogens with zero attached hydrogens (tertiary/aromatic N) is 1. The summed E-state index contributed by atoms with van der Waals surface area (Å²) in [6.07, 6.45) is 3.45. The zero-order valence-electron chi connectivity index (χ0n) is 10.5. The normalized spacial score (nSPS) is 24.1. The first kappa shape index (κ1) is 13.8. The highest BCUT2D eigenvalue weighted by Gasteiger charge is 2.27. The quantitative estimate of drug-likeness (QED) is 0.821. The fourth-order valence-corrected chi connectivity index (χ4v) is 2.36. The van der Waals surface area contributed by atoms with Crippen LogP contribution in [0.3, 0.4) is 0 Å². The van der Waals surface area contributed by atoms with Gasteiger partial charge in [-0.1, -0.05) is 0 Å². The summed E-state index contributed by atoms with van der Waals surface area (Å²) in [4.78, 5) is 23.7. The zero-order chi connectivity index (χ0) is 12.8. The fourth-order valence-electron chi connectivity index (χ4n) is 2.36. The SMILES string of the molecule is CCOC(=O)N(C)[C@H]1CC[C@H](CC(=O)O)CC1. The molecule has 5 heteroatoms. The van der Waals surface area contributed by atoms with E-state index in [9.17, 15) is 9.59 Å². The van der Waals surface area contributed by atoms with Crippen LogP contribution in [0.4, 0.5) is 4.79 Å². The molecule has 0 unspecified atom stereocenters. The maximum Gasteiger partial charge on any atom is 0.409 e. The van der Waals surface area contributed by atoms with Gasteiger partial charge in [0, 0.05) is 19.5 Å². The second-order valence-electron chi connectivity index (χ2n) is 4.58. The number of hydrogen-bond donors (Lipinski definition) is 1. The topological polar surface area (TPSA) is 66.8 Å². The Morgan fingerprint density at radius 1 is 1.29 bits per heavy atom. The van der Waals surface area contributed by atoms with Gasteiger partial charge in [-0.2, -0.15) is 0 Å². The standard InChI is InChI=1S/C12H21NO4/c1-3-17-12(16)13(2)10-6-4-9(5-7-10)8-11(14)15/h9-10H,3-8H2,1-2H3,(H,14,15)/t9-,10-. The molecule has 0 aromatic rings. The van der Waals surface area contributed by atoms with E-state index in [2.05, 4.69) is 0 Å². The van der Waals surface area contributed by atoms with Gasteiger partial charge in [-0.25, -0.2) is 4.79 Å². The summed E-state index contributed by atoms with van der Waals surface area (Å²) in [6, 6.07) is 0.194. The average Bonchev–Trinajstić information content (AvgIpc) is 2.28. The van der Waals surface area contributed by atoms with Crippen LogP contribution in [0.15, 0.2) is 0 Å². The van der Waals surface area contributed by atoms with Crippen LogP contribution in [0.2, 0.25) is 0 Å². The molecule has 1 fully saturated rings. The van der Waals surface area contributed by atoms with Crippen molar-refractivity contribution in [3.05, 3.63) is 0 Å². The highest BCUT2D eigenvalue weighted by molar-refractivity contribution is 5.68. The summed E-state index contributed by atoms with van der Waals surface area (Å²) >= 11 is 0. The molecule has 98 valence electrons. The number of ether oxygens (including phenoxy) is 1. The number of carbonyl (C=O) groups is 2. The lowest BCUT2D eigenvalue weighted by Crippen LogP contribution is -2.40. The predicted octanol–water partition coefficient (Wildman–Crippen LogP) is 2.11. The first-order valence-electron chi connectivity index (χ1n) is 6.16. The third-order valence-corrected chi connectivity index (χ3v) is 3.38. The van der Waals surface area contributed by atoms with Gasteiger partial charge in [-0.15, -0.1) is 0 Å². The first-order chi connectivity index (χ1) is 8.04. The highest BCUT2D eigenvalue weighted by Crippen LogP contribution is 2.29. The van der Waals surface area contributed by atoms with E-state index in [1.54, 1.807) is 18.9 Å². The van der Waals surface area contributed by atoms with Gasteiger partial charge >= 0.3 is 12.1 Å². The van der Waals surface area contributed by atoms with E-state index in [0.717, 1.165) is 25.7 Å². The van der Waals surface area contributed by atoms with Crippen molar-refractivity contribution in [2.24, 2.45) is 5.92 Å². The molecule has 17 heavy (non-hydrogen) atoms. The molecule has 0 bridgehead atoms. The highest BCUT2D eigenvalue weighted by atomic mass is 16.6. The molecule has 1 aliphatic rings. The van der Waals surface area contributed by atoms with E-state index in [0.29, 0.717) is 6.61 Å². The maximum atomic E-state index is 11.5. The van der Waals surface area contributed by atoms with Gasteiger partial charge in [0.15, 0.2) is 0 Å². The van der Waals surface area contributed by atoms with Gasteiger partial charge in [-0.3, -0.25) is 4.79 Å². The van der Waals surface area contributed by atoms with Crippen molar-refractivity contribution < 1.29 is 19.4 Å². The van der Waals surface area contributed by atoms with Gasteiger partial charge in [0.25, 0.3) is 0 Å². The minimum absolute atomic E-state index is 0.194. The van der Waals surface area contributed by atoms with E-state index in [4.69, 9.17) is 9.84 Å². The van der Waals surface area contributed by atoms with Crippen molar-refractivity contribution in [3.8, 4) is 0 Å². The molecule has 0 saturated heterocycles. The molecule has 0 aromatic carbocycles. The van der Waals surface area contributed by atoms with Crippen LogP contribution >= 0.6 is 0 Å². The van der Waals surface area contributed by atoms with Crippen LogP contribution in [-0.2, 0) is 9.53 Å². The number of carboxylic acid groups (broad SMARTS) is 1. The second-order valence-corrected chi connectivity index (χ2v) is 4.58. The molecule has 0 radical (unpaired) electrons. The molecule has 0 heterocycles. The molecule has 0 spiro atoms. The van der Waals surface area contributed by atoms with Crippen molar-refractivity contribution in [1.82, 2.24) is 4.90 Å². The third kappa shape index (κ3) is 4.24. The van der Waals surface area contributed by atoms with Crippen molar-refractivity contribution >= 4 is 12.1 Å². The number of aliphatic carboxylic acids is 1. The van der Waals surface area contributed by atoms with Crippen molar-refractivity contribution in [2.45, 2.75) is 45.1 Å². The summed E-state index contributed by atoms with van der Waals surface area (Å²) in [5, 5.41) is 8.71. The summed E-state index contributed by atoms with van der Waals surface area (Å²) in [7, 11) is 1.75. The fraction of sp³-hybridized carbons (Fsp3) is 0.833. The van der Waals surface area contributed by atoms with Crippen molar-refractivity contribution in [2.75, 3.05) is 13.7 Å². The van der Waals surface area contributed by atoms with Crippen LogP contribution in [0.5, 0.6) is 0 Å². The molecular formula is C12H21NO4. The molecule has 1 rings (SSSR count). The lowest BCUT2D eigenvalue weighted by molar-refractivity contribution is -0.138.